The third-order valence-corrected chi connectivity index (χ3v) is 8.61. The fourth-order valence-electron chi connectivity index (χ4n) is 4.65. The van der Waals surface area contributed by atoms with E-state index < -0.39 is 21.4 Å². The maximum atomic E-state index is 13.1. The van der Waals surface area contributed by atoms with Crippen molar-refractivity contribution in [3.05, 3.63) is 65.7 Å². The van der Waals surface area contributed by atoms with Gasteiger partial charge in [-0.25, -0.2) is 8.42 Å². The van der Waals surface area contributed by atoms with Gasteiger partial charge in [-0.1, -0.05) is 30.3 Å². The number of allylic oxidation sites excluding steroid dienone is 1. The Hall–Kier alpha value is -2.64. The largest absolute Gasteiger partial charge is 0.497 e. The van der Waals surface area contributed by atoms with Crippen LogP contribution in [0.3, 0.4) is 0 Å². The normalized spacial score (nSPS) is 18.5. The minimum Gasteiger partial charge on any atom is -0.497 e. The lowest BCUT2D eigenvalue weighted by Gasteiger charge is -2.38. The Bertz CT molecular complexity index is 1140. The van der Waals surface area contributed by atoms with Crippen molar-refractivity contribution in [2.75, 3.05) is 20.2 Å². The van der Waals surface area contributed by atoms with Crippen molar-refractivity contribution in [1.82, 2.24) is 4.31 Å². The van der Waals surface area contributed by atoms with Gasteiger partial charge in [0, 0.05) is 18.5 Å². The monoisotopic (exact) mass is 441 g/mol. The first-order chi connectivity index (χ1) is 14.6. The Morgan fingerprint density at radius 2 is 1.68 bits per heavy atom. The van der Waals surface area contributed by atoms with Crippen LogP contribution in [-0.2, 0) is 20.2 Å². The van der Waals surface area contributed by atoms with Crippen LogP contribution in [0.2, 0.25) is 0 Å². The van der Waals surface area contributed by atoms with E-state index in [0.717, 1.165) is 16.7 Å². The first-order valence-corrected chi connectivity index (χ1v) is 11.8. The highest BCUT2D eigenvalue weighted by molar-refractivity contribution is 7.89. The molecule has 4 rings (SSSR count). The van der Waals surface area contributed by atoms with Crippen LogP contribution < -0.4 is 4.74 Å². The average molecular weight is 442 g/mol. The van der Waals surface area contributed by atoms with Crippen molar-refractivity contribution < 1.29 is 23.1 Å². The van der Waals surface area contributed by atoms with Gasteiger partial charge in [0.2, 0.25) is 10.0 Å². The molecule has 1 heterocycles. The summed E-state index contributed by atoms with van der Waals surface area (Å²) < 4.78 is 32.9. The fraction of sp³-hybridized carbons (Fsp3) is 0.375. The molecular weight excluding hydrogens is 414 g/mol. The van der Waals surface area contributed by atoms with Gasteiger partial charge in [-0.05, 0) is 67.7 Å². The first kappa shape index (κ1) is 21.6. The molecule has 1 N–H and O–H groups in total. The number of sulfonamides is 1. The molecule has 0 aromatic heterocycles. The molecule has 0 amide bonds. The van der Waals surface area contributed by atoms with E-state index >= 15 is 0 Å². The fourth-order valence-corrected chi connectivity index (χ4v) is 6.09. The van der Waals surface area contributed by atoms with Crippen molar-refractivity contribution >= 4 is 21.6 Å². The van der Waals surface area contributed by atoms with Crippen LogP contribution >= 0.6 is 0 Å². The second kappa shape index (κ2) is 7.50. The molecule has 1 aliphatic carbocycles. The summed E-state index contributed by atoms with van der Waals surface area (Å²) in [5.74, 6) is -0.261. The molecule has 0 bridgehead atoms. The number of benzene rings is 2. The summed E-state index contributed by atoms with van der Waals surface area (Å²) in [6, 6.07) is 14.3. The van der Waals surface area contributed by atoms with Gasteiger partial charge in [0.25, 0.3) is 0 Å². The van der Waals surface area contributed by atoms with E-state index in [2.05, 4.69) is 6.08 Å². The van der Waals surface area contributed by atoms with Crippen molar-refractivity contribution in [2.45, 2.75) is 37.0 Å². The summed E-state index contributed by atoms with van der Waals surface area (Å²) in [4.78, 5) is 12.2. The lowest BCUT2D eigenvalue weighted by atomic mass is 9.75. The molecule has 164 valence electrons. The third-order valence-electron chi connectivity index (χ3n) is 6.69. The molecule has 0 unspecified atom stereocenters. The van der Waals surface area contributed by atoms with E-state index in [1.165, 1.54) is 4.31 Å². The quantitative estimate of drug-likeness (QED) is 0.760. The Labute approximate surface area is 183 Å². The smallest absolute Gasteiger partial charge is 0.313 e. The van der Waals surface area contributed by atoms with Crippen molar-refractivity contribution in [1.29, 1.82) is 0 Å². The molecule has 1 saturated heterocycles. The van der Waals surface area contributed by atoms with Gasteiger partial charge in [0.05, 0.1) is 17.4 Å². The average Bonchev–Trinajstić information content (AvgIpc) is 3.09. The van der Waals surface area contributed by atoms with E-state index in [-0.39, 0.29) is 10.3 Å². The van der Waals surface area contributed by atoms with Crippen LogP contribution in [0.4, 0.5) is 0 Å². The van der Waals surface area contributed by atoms with Gasteiger partial charge < -0.3 is 9.84 Å². The van der Waals surface area contributed by atoms with E-state index in [1.807, 2.05) is 24.3 Å². The van der Waals surface area contributed by atoms with E-state index in [1.54, 1.807) is 45.2 Å². The minimum atomic E-state index is -3.60. The van der Waals surface area contributed by atoms with Gasteiger partial charge in [-0.2, -0.15) is 4.31 Å². The zero-order valence-corrected chi connectivity index (χ0v) is 18.8. The molecule has 6 nitrogen and oxygen atoms in total. The molecule has 1 aliphatic heterocycles. The topological polar surface area (TPSA) is 83.9 Å². The molecule has 2 aromatic rings. The predicted octanol–water partition coefficient (Wildman–Crippen LogP) is 3.93. The van der Waals surface area contributed by atoms with E-state index in [0.29, 0.717) is 31.7 Å². The van der Waals surface area contributed by atoms with Crippen LogP contribution in [0.1, 0.15) is 37.8 Å². The lowest BCUT2D eigenvalue weighted by molar-refractivity contribution is -0.143. The standard InChI is InChI=1S/C24H27NO5S/c1-23(2,22(26)27)21-16-24(20-7-5-4-6-19(20)21)12-14-25(15-13-24)31(28,29)18-10-8-17(30-3)9-11-18/h4-11,16H,12-15H2,1-3H3,(H,26,27). The molecule has 2 aromatic carbocycles. The summed E-state index contributed by atoms with van der Waals surface area (Å²) in [6.45, 7) is 4.19. The summed E-state index contributed by atoms with van der Waals surface area (Å²) in [7, 11) is -2.06. The number of methoxy groups -OCH3 is 1. The number of piperidine rings is 1. The molecule has 31 heavy (non-hydrogen) atoms. The Balaban J connectivity index is 1.64. The van der Waals surface area contributed by atoms with E-state index in [4.69, 9.17) is 4.74 Å². The number of aliphatic carboxylic acids is 1. The van der Waals surface area contributed by atoms with Gasteiger partial charge in [-0.3, -0.25) is 4.79 Å². The Kier molecular flexibility index (Phi) is 5.22. The molecule has 7 heteroatoms. The summed E-state index contributed by atoms with van der Waals surface area (Å²) >= 11 is 0. The second-order valence-corrected chi connectivity index (χ2v) is 10.7. The second-order valence-electron chi connectivity index (χ2n) is 8.77. The van der Waals surface area contributed by atoms with Crippen LogP contribution in [-0.4, -0.2) is 44.0 Å². The molecule has 0 saturated carbocycles. The number of hydrogen-bond acceptors (Lipinski definition) is 4. The molecular formula is C24H27NO5S. The van der Waals surface area contributed by atoms with Gasteiger partial charge >= 0.3 is 5.97 Å². The Morgan fingerprint density at radius 3 is 2.26 bits per heavy atom. The number of nitrogens with zero attached hydrogens (tertiary/aromatic N) is 1. The number of carboxylic acid groups (broad SMARTS) is 1. The van der Waals surface area contributed by atoms with Crippen LogP contribution in [0.15, 0.2) is 59.5 Å². The summed E-state index contributed by atoms with van der Waals surface area (Å²) in [5.41, 5.74) is 1.50. The van der Waals surface area contributed by atoms with Crippen LogP contribution in [0.25, 0.3) is 5.57 Å². The van der Waals surface area contributed by atoms with Crippen LogP contribution in [0.5, 0.6) is 5.75 Å². The minimum absolute atomic E-state index is 0.249. The van der Waals surface area contributed by atoms with Crippen molar-refractivity contribution in [3.63, 3.8) is 0 Å². The number of rotatable bonds is 5. The molecule has 1 spiro atoms. The van der Waals surface area contributed by atoms with Crippen molar-refractivity contribution in [3.8, 4) is 5.75 Å². The molecule has 1 fully saturated rings. The maximum absolute atomic E-state index is 13.1. The number of fused-ring (bicyclic) bond motifs is 2. The summed E-state index contributed by atoms with van der Waals surface area (Å²) in [5, 5.41) is 9.79. The molecule has 2 aliphatic rings. The van der Waals surface area contributed by atoms with Crippen LogP contribution in [0, 0.1) is 5.41 Å². The SMILES string of the molecule is COc1ccc(S(=O)(=O)N2CCC3(C=C(C(C)(C)C(=O)O)c4ccccc43)CC2)cc1. The highest BCUT2D eigenvalue weighted by Crippen LogP contribution is 2.52. The van der Waals surface area contributed by atoms with Gasteiger partial charge in [0.15, 0.2) is 0 Å². The zero-order chi connectivity index (χ0) is 22.4. The first-order valence-electron chi connectivity index (χ1n) is 10.3. The molecule has 0 atom stereocenters. The highest BCUT2D eigenvalue weighted by Gasteiger charge is 2.47. The van der Waals surface area contributed by atoms with Crippen molar-refractivity contribution in [2.24, 2.45) is 5.41 Å². The number of hydrogen-bond donors (Lipinski definition) is 1. The maximum Gasteiger partial charge on any atom is 0.313 e. The summed E-state index contributed by atoms with van der Waals surface area (Å²) in [6.07, 6.45) is 3.31. The zero-order valence-electron chi connectivity index (χ0n) is 18.0. The third kappa shape index (κ3) is 3.46. The number of ether oxygens (including phenoxy) is 1. The predicted molar refractivity (Wildman–Crippen MR) is 119 cm³/mol. The number of carbonyl (C=O) groups is 1. The molecule has 0 radical (unpaired) electrons. The Morgan fingerprint density at radius 1 is 1.06 bits per heavy atom. The van der Waals surface area contributed by atoms with E-state index in [9.17, 15) is 18.3 Å². The highest BCUT2D eigenvalue weighted by atomic mass is 32.2. The lowest BCUT2D eigenvalue weighted by Crippen LogP contribution is -2.43. The van der Waals surface area contributed by atoms with Gasteiger partial charge in [-0.15, -0.1) is 0 Å². The van der Waals surface area contributed by atoms with Gasteiger partial charge in [0.1, 0.15) is 5.75 Å². The number of carboxylic acids is 1.